The topological polar surface area (TPSA) is 80.4 Å². The van der Waals surface area contributed by atoms with Gasteiger partial charge in [0.15, 0.2) is 11.5 Å². The zero-order valence-corrected chi connectivity index (χ0v) is 14.6. The molecule has 0 bridgehead atoms. The Kier molecular flexibility index (Phi) is 4.22. The third-order valence-corrected chi connectivity index (χ3v) is 4.16. The number of nitrogens with zero attached hydrogens (tertiary/aromatic N) is 4. The van der Waals surface area contributed by atoms with Crippen LogP contribution in [0, 0.1) is 6.92 Å². The molecule has 27 heavy (non-hydrogen) atoms. The van der Waals surface area contributed by atoms with Gasteiger partial charge in [0.1, 0.15) is 11.3 Å². The lowest BCUT2D eigenvalue weighted by Gasteiger charge is -2.12. The van der Waals surface area contributed by atoms with Crippen LogP contribution in [0.4, 0.5) is 5.82 Å². The van der Waals surface area contributed by atoms with Crippen LogP contribution in [0.5, 0.6) is 5.75 Å². The van der Waals surface area contributed by atoms with E-state index in [9.17, 15) is 9.90 Å². The summed E-state index contributed by atoms with van der Waals surface area (Å²) in [5.41, 5.74) is 1.55. The summed E-state index contributed by atoms with van der Waals surface area (Å²) in [5, 5.41) is 11.1. The van der Waals surface area contributed by atoms with Gasteiger partial charge in [-0.2, -0.15) is 0 Å². The summed E-state index contributed by atoms with van der Waals surface area (Å²) >= 11 is 0. The Labute approximate surface area is 155 Å². The highest BCUT2D eigenvalue weighted by molar-refractivity contribution is 5.94. The molecule has 0 spiro atoms. The number of benzene rings is 1. The quantitative estimate of drug-likeness (QED) is 0.569. The van der Waals surface area contributed by atoms with Crippen molar-refractivity contribution in [1.29, 1.82) is 0 Å². The van der Waals surface area contributed by atoms with E-state index in [0.717, 1.165) is 5.69 Å². The maximum Gasteiger partial charge on any atom is 0.269 e. The monoisotopic (exact) mass is 356 g/mol. The van der Waals surface area contributed by atoms with E-state index in [0.29, 0.717) is 22.5 Å². The van der Waals surface area contributed by atoms with E-state index in [2.05, 4.69) is 15.0 Å². The highest BCUT2D eigenvalue weighted by Crippen LogP contribution is 2.26. The number of aryl methyl sites for hydroxylation is 1. The van der Waals surface area contributed by atoms with Gasteiger partial charge >= 0.3 is 0 Å². The van der Waals surface area contributed by atoms with Crippen molar-refractivity contribution in [1.82, 2.24) is 14.5 Å². The Bertz CT molecular complexity index is 1210. The van der Waals surface area contributed by atoms with Crippen LogP contribution in [0.3, 0.4) is 0 Å². The van der Waals surface area contributed by atoms with Crippen LogP contribution in [-0.2, 0) is 0 Å². The van der Waals surface area contributed by atoms with Crippen molar-refractivity contribution < 1.29 is 5.11 Å². The minimum Gasteiger partial charge on any atom is -0.506 e. The molecule has 0 saturated heterocycles. The van der Waals surface area contributed by atoms with Crippen molar-refractivity contribution >= 4 is 23.1 Å². The molecule has 0 aliphatic heterocycles. The normalized spacial score (nSPS) is 11.3. The number of hydrogen-bond donors (Lipinski definition) is 1. The number of rotatable bonds is 3. The molecule has 0 unspecified atom stereocenters. The molecule has 1 aromatic carbocycles. The highest BCUT2D eigenvalue weighted by Gasteiger charge is 2.16. The molecule has 4 rings (SSSR count). The molecule has 0 atom stereocenters. The molecular weight excluding hydrogens is 340 g/mol. The average Bonchev–Trinajstić information content (AvgIpc) is 2.69. The second-order valence-corrected chi connectivity index (χ2v) is 6.01. The maximum atomic E-state index is 13.1. The van der Waals surface area contributed by atoms with Gasteiger partial charge in [-0.05, 0) is 43.3 Å². The lowest BCUT2D eigenvalue weighted by molar-refractivity contribution is 0.479. The summed E-state index contributed by atoms with van der Waals surface area (Å²) in [4.78, 5) is 26.0. The van der Waals surface area contributed by atoms with E-state index in [1.165, 1.54) is 10.8 Å². The van der Waals surface area contributed by atoms with Crippen LogP contribution in [0.25, 0.3) is 16.7 Å². The predicted octanol–water partition coefficient (Wildman–Crippen LogP) is 3.55. The van der Waals surface area contributed by atoms with Crippen molar-refractivity contribution in [3.63, 3.8) is 0 Å². The third-order valence-electron chi connectivity index (χ3n) is 4.16. The zero-order valence-electron chi connectivity index (χ0n) is 14.6. The molecule has 6 heteroatoms. The number of hydrogen-bond acceptors (Lipinski definition) is 5. The van der Waals surface area contributed by atoms with Gasteiger partial charge in [-0.1, -0.05) is 24.3 Å². The number of fused-ring (bicyclic) bond motifs is 1. The Balaban J connectivity index is 1.98. The lowest BCUT2D eigenvalue weighted by Crippen LogP contribution is -2.23. The highest BCUT2D eigenvalue weighted by atomic mass is 16.3. The van der Waals surface area contributed by atoms with Crippen LogP contribution in [0.1, 0.15) is 11.3 Å². The van der Waals surface area contributed by atoms with Crippen molar-refractivity contribution in [2.24, 2.45) is 4.99 Å². The van der Waals surface area contributed by atoms with Crippen LogP contribution in [-0.4, -0.2) is 25.9 Å². The van der Waals surface area contributed by atoms with Gasteiger partial charge in [-0.25, -0.2) is 15.0 Å². The fourth-order valence-corrected chi connectivity index (χ4v) is 2.89. The van der Waals surface area contributed by atoms with E-state index in [1.54, 1.807) is 24.4 Å². The Morgan fingerprint density at radius 1 is 1.04 bits per heavy atom. The van der Waals surface area contributed by atoms with E-state index in [-0.39, 0.29) is 11.3 Å². The fraction of sp³-hybridized carbons (Fsp3) is 0.0476. The molecule has 0 saturated carbocycles. The number of pyridine rings is 3. The van der Waals surface area contributed by atoms with E-state index in [4.69, 9.17) is 0 Å². The Hall–Kier alpha value is -3.80. The summed E-state index contributed by atoms with van der Waals surface area (Å²) in [6.07, 6.45) is 2.94. The van der Waals surface area contributed by atoms with Crippen LogP contribution in [0.15, 0.2) is 76.6 Å². The van der Waals surface area contributed by atoms with E-state index < -0.39 is 5.56 Å². The standard InChI is InChI=1S/C21H16N4O2/c1-14-7-5-11-18(24-14)23-13-17-19(26)16-10-6-12-22-20(16)25(21(17)27)15-8-3-2-4-9-15/h2-13,26H,1H3. The first-order chi connectivity index (χ1) is 13.1. The fourth-order valence-electron chi connectivity index (χ4n) is 2.89. The molecule has 1 N–H and O–H groups in total. The zero-order chi connectivity index (χ0) is 18.8. The second-order valence-electron chi connectivity index (χ2n) is 6.01. The van der Waals surface area contributed by atoms with Gasteiger partial charge in [0, 0.05) is 18.1 Å². The molecule has 132 valence electrons. The van der Waals surface area contributed by atoms with Gasteiger partial charge in [-0.15, -0.1) is 0 Å². The third kappa shape index (κ3) is 3.08. The van der Waals surface area contributed by atoms with Gasteiger partial charge in [0.25, 0.3) is 5.56 Å². The smallest absolute Gasteiger partial charge is 0.269 e. The lowest BCUT2D eigenvalue weighted by atomic mass is 10.1. The SMILES string of the molecule is Cc1cccc(N=Cc2c(O)c3cccnc3n(-c3ccccc3)c2=O)n1. The van der Waals surface area contributed by atoms with E-state index >= 15 is 0 Å². The Morgan fingerprint density at radius 3 is 2.63 bits per heavy atom. The van der Waals surface area contributed by atoms with Gasteiger partial charge < -0.3 is 5.11 Å². The average molecular weight is 356 g/mol. The minimum absolute atomic E-state index is 0.0858. The maximum absolute atomic E-state index is 13.1. The summed E-state index contributed by atoms with van der Waals surface area (Å²) in [5.74, 6) is 0.318. The molecule has 3 aromatic heterocycles. The molecule has 4 aromatic rings. The first-order valence-corrected chi connectivity index (χ1v) is 8.41. The van der Waals surface area contributed by atoms with Crippen LogP contribution < -0.4 is 5.56 Å². The largest absolute Gasteiger partial charge is 0.506 e. The van der Waals surface area contributed by atoms with Crippen molar-refractivity contribution in [2.45, 2.75) is 6.92 Å². The molecule has 0 fully saturated rings. The summed E-state index contributed by atoms with van der Waals surface area (Å²) in [7, 11) is 0. The summed E-state index contributed by atoms with van der Waals surface area (Å²) in [6.45, 7) is 1.86. The first kappa shape index (κ1) is 16.7. The number of aromatic hydroxyl groups is 1. The van der Waals surface area contributed by atoms with E-state index in [1.807, 2.05) is 49.4 Å². The van der Waals surface area contributed by atoms with Crippen molar-refractivity contribution in [3.05, 3.63) is 88.5 Å². The van der Waals surface area contributed by atoms with Crippen LogP contribution in [0.2, 0.25) is 0 Å². The summed E-state index contributed by atoms with van der Waals surface area (Å²) in [6, 6.07) is 18.0. The molecule has 0 aliphatic rings. The number of aliphatic imine (C=N–C) groups is 1. The molecule has 6 nitrogen and oxygen atoms in total. The van der Waals surface area contributed by atoms with Gasteiger partial charge in [0.2, 0.25) is 0 Å². The molecule has 0 aliphatic carbocycles. The van der Waals surface area contributed by atoms with Gasteiger partial charge in [0.05, 0.1) is 11.1 Å². The Morgan fingerprint density at radius 2 is 1.85 bits per heavy atom. The minimum atomic E-state index is -0.402. The summed E-state index contributed by atoms with van der Waals surface area (Å²) < 4.78 is 1.47. The number of aromatic nitrogens is 3. The predicted molar refractivity (Wildman–Crippen MR) is 105 cm³/mol. The second kappa shape index (κ2) is 6.84. The van der Waals surface area contributed by atoms with Gasteiger partial charge in [-0.3, -0.25) is 9.36 Å². The number of para-hydroxylation sites is 1. The molecule has 0 radical (unpaired) electrons. The molecule has 3 heterocycles. The van der Waals surface area contributed by atoms with Crippen molar-refractivity contribution in [3.8, 4) is 11.4 Å². The molecule has 0 amide bonds. The first-order valence-electron chi connectivity index (χ1n) is 8.41. The molecular formula is C21H16N4O2. The van der Waals surface area contributed by atoms with Crippen LogP contribution >= 0.6 is 0 Å². The van der Waals surface area contributed by atoms with Crippen molar-refractivity contribution in [2.75, 3.05) is 0 Å².